The number of ether oxygens (including phenoxy) is 1. The molecule has 0 saturated carbocycles. The summed E-state index contributed by atoms with van der Waals surface area (Å²) in [5.41, 5.74) is 1.18. The van der Waals surface area contributed by atoms with Crippen molar-refractivity contribution in [3.63, 3.8) is 0 Å². The topological polar surface area (TPSA) is 21.3 Å². The highest BCUT2D eigenvalue weighted by molar-refractivity contribution is 9.10. The molecule has 1 N–H and O–H groups in total. The summed E-state index contributed by atoms with van der Waals surface area (Å²) in [6.45, 7) is 5.74. The van der Waals surface area contributed by atoms with Crippen LogP contribution in [0.25, 0.3) is 0 Å². The lowest BCUT2D eigenvalue weighted by molar-refractivity contribution is 0.305. The van der Waals surface area contributed by atoms with Crippen LogP contribution in [0.4, 0.5) is 0 Å². The van der Waals surface area contributed by atoms with Crippen LogP contribution < -0.4 is 10.1 Å². The second-order valence-electron chi connectivity index (χ2n) is 4.66. The Hall–Kier alpha value is -0.840. The number of thiophene rings is 1. The molecule has 2 nitrogen and oxygen atoms in total. The average molecular weight is 340 g/mol. The van der Waals surface area contributed by atoms with Gasteiger partial charge in [0.05, 0.1) is 0 Å². The molecule has 0 bridgehead atoms. The lowest BCUT2D eigenvalue weighted by Crippen LogP contribution is -2.22. The molecule has 0 aliphatic carbocycles. The van der Waals surface area contributed by atoms with Crippen molar-refractivity contribution in [1.82, 2.24) is 5.32 Å². The van der Waals surface area contributed by atoms with Crippen LogP contribution in [0.1, 0.15) is 24.3 Å². The SMILES string of the molecule is CC(C)NCc1cc(Br)ccc1OCc1cccs1. The Balaban J connectivity index is 2.05. The van der Waals surface area contributed by atoms with Gasteiger partial charge in [0.25, 0.3) is 0 Å². The van der Waals surface area contributed by atoms with E-state index in [2.05, 4.69) is 52.6 Å². The normalized spacial score (nSPS) is 10.9. The number of benzene rings is 1. The van der Waals surface area contributed by atoms with Crippen molar-refractivity contribution >= 4 is 27.3 Å². The third-order valence-electron chi connectivity index (χ3n) is 2.67. The summed E-state index contributed by atoms with van der Waals surface area (Å²) in [5.74, 6) is 0.949. The van der Waals surface area contributed by atoms with Gasteiger partial charge in [-0.1, -0.05) is 35.8 Å². The van der Waals surface area contributed by atoms with Crippen LogP contribution in [0.3, 0.4) is 0 Å². The fourth-order valence-electron chi connectivity index (χ4n) is 1.68. The minimum absolute atomic E-state index is 0.462. The molecule has 0 spiro atoms. The van der Waals surface area contributed by atoms with Gasteiger partial charge in [-0.05, 0) is 29.6 Å². The van der Waals surface area contributed by atoms with Gasteiger partial charge in [0, 0.05) is 27.5 Å². The van der Waals surface area contributed by atoms with Gasteiger partial charge in [0.2, 0.25) is 0 Å². The van der Waals surface area contributed by atoms with Gasteiger partial charge in [0.15, 0.2) is 0 Å². The summed E-state index contributed by atoms with van der Waals surface area (Å²) in [6, 6.07) is 10.8. The molecule has 0 atom stereocenters. The molecule has 1 aromatic heterocycles. The zero-order valence-corrected chi connectivity index (χ0v) is 13.6. The molecule has 1 heterocycles. The van der Waals surface area contributed by atoms with Gasteiger partial charge in [-0.15, -0.1) is 11.3 Å². The van der Waals surface area contributed by atoms with Gasteiger partial charge >= 0.3 is 0 Å². The second-order valence-corrected chi connectivity index (χ2v) is 6.60. The molecule has 0 aliphatic heterocycles. The molecule has 2 rings (SSSR count). The summed E-state index contributed by atoms with van der Waals surface area (Å²) >= 11 is 5.23. The van der Waals surface area contributed by atoms with Crippen LogP contribution in [0.15, 0.2) is 40.2 Å². The van der Waals surface area contributed by atoms with Crippen molar-refractivity contribution < 1.29 is 4.74 Å². The molecule has 0 fully saturated rings. The zero-order chi connectivity index (χ0) is 13.7. The average Bonchev–Trinajstić information content (AvgIpc) is 2.88. The van der Waals surface area contributed by atoms with E-state index >= 15 is 0 Å². The highest BCUT2D eigenvalue weighted by Crippen LogP contribution is 2.24. The Bertz CT molecular complexity index is 511. The lowest BCUT2D eigenvalue weighted by atomic mass is 10.2. The quantitative estimate of drug-likeness (QED) is 0.831. The van der Waals surface area contributed by atoms with Crippen LogP contribution in [-0.4, -0.2) is 6.04 Å². The molecule has 19 heavy (non-hydrogen) atoms. The molecular weight excluding hydrogens is 322 g/mol. The predicted octanol–water partition coefficient (Wildman–Crippen LogP) is 4.59. The van der Waals surface area contributed by atoms with E-state index in [9.17, 15) is 0 Å². The Morgan fingerprint density at radius 1 is 1.32 bits per heavy atom. The predicted molar refractivity (Wildman–Crippen MR) is 84.8 cm³/mol. The monoisotopic (exact) mass is 339 g/mol. The van der Waals surface area contributed by atoms with E-state index < -0.39 is 0 Å². The Morgan fingerprint density at radius 2 is 2.16 bits per heavy atom. The molecule has 102 valence electrons. The Morgan fingerprint density at radius 3 is 2.84 bits per heavy atom. The molecule has 2 aromatic rings. The summed E-state index contributed by atoms with van der Waals surface area (Å²) in [5, 5.41) is 5.50. The van der Waals surface area contributed by atoms with Crippen LogP contribution in [-0.2, 0) is 13.2 Å². The maximum absolute atomic E-state index is 5.92. The summed E-state index contributed by atoms with van der Waals surface area (Å²) in [6.07, 6.45) is 0. The van der Waals surface area contributed by atoms with Gasteiger partial charge < -0.3 is 10.1 Å². The third kappa shape index (κ3) is 4.64. The fraction of sp³-hybridized carbons (Fsp3) is 0.333. The molecule has 0 radical (unpaired) electrons. The minimum atomic E-state index is 0.462. The van der Waals surface area contributed by atoms with Crippen LogP contribution in [0.5, 0.6) is 5.75 Å². The fourth-order valence-corrected chi connectivity index (χ4v) is 2.71. The molecule has 0 unspecified atom stereocenters. The molecule has 4 heteroatoms. The van der Waals surface area contributed by atoms with E-state index in [0.717, 1.165) is 16.8 Å². The van der Waals surface area contributed by atoms with Gasteiger partial charge in [0.1, 0.15) is 12.4 Å². The summed E-state index contributed by atoms with van der Waals surface area (Å²) < 4.78 is 7.00. The summed E-state index contributed by atoms with van der Waals surface area (Å²) in [7, 11) is 0. The first-order valence-corrected chi connectivity index (χ1v) is 7.99. The van der Waals surface area contributed by atoms with E-state index in [1.54, 1.807) is 11.3 Å². The zero-order valence-electron chi connectivity index (χ0n) is 11.2. The van der Waals surface area contributed by atoms with Crippen molar-refractivity contribution in [2.75, 3.05) is 0 Å². The highest BCUT2D eigenvalue weighted by atomic mass is 79.9. The number of nitrogens with one attached hydrogen (secondary N) is 1. The van der Waals surface area contributed by atoms with E-state index in [0.29, 0.717) is 12.6 Å². The van der Waals surface area contributed by atoms with Crippen molar-refractivity contribution in [2.24, 2.45) is 0 Å². The van der Waals surface area contributed by atoms with Gasteiger partial charge in [-0.25, -0.2) is 0 Å². The first kappa shape index (κ1) is 14.6. The first-order chi connectivity index (χ1) is 9.15. The molecule has 0 aliphatic rings. The van der Waals surface area contributed by atoms with E-state index in [4.69, 9.17) is 4.74 Å². The van der Waals surface area contributed by atoms with Crippen LogP contribution in [0.2, 0.25) is 0 Å². The molecule has 0 amide bonds. The number of hydrogen-bond donors (Lipinski definition) is 1. The highest BCUT2D eigenvalue weighted by Gasteiger charge is 2.06. The van der Waals surface area contributed by atoms with Gasteiger partial charge in [-0.3, -0.25) is 0 Å². The smallest absolute Gasteiger partial charge is 0.124 e. The first-order valence-electron chi connectivity index (χ1n) is 6.32. The van der Waals surface area contributed by atoms with E-state index in [1.807, 2.05) is 18.2 Å². The third-order valence-corrected chi connectivity index (χ3v) is 4.02. The largest absolute Gasteiger partial charge is 0.488 e. The number of halogens is 1. The second kappa shape index (κ2) is 7.08. The van der Waals surface area contributed by atoms with Crippen LogP contribution >= 0.6 is 27.3 Å². The maximum Gasteiger partial charge on any atom is 0.124 e. The van der Waals surface area contributed by atoms with Crippen molar-refractivity contribution in [3.8, 4) is 5.75 Å². The van der Waals surface area contributed by atoms with Crippen molar-refractivity contribution in [2.45, 2.75) is 33.0 Å². The Kier molecular flexibility index (Phi) is 5.43. The van der Waals surface area contributed by atoms with Crippen molar-refractivity contribution in [3.05, 3.63) is 50.6 Å². The molecular formula is C15H18BrNOS. The Labute approximate surface area is 126 Å². The summed E-state index contributed by atoms with van der Waals surface area (Å²) in [4.78, 5) is 1.24. The van der Waals surface area contributed by atoms with Crippen molar-refractivity contribution in [1.29, 1.82) is 0 Å². The van der Waals surface area contributed by atoms with Gasteiger partial charge in [-0.2, -0.15) is 0 Å². The number of hydrogen-bond acceptors (Lipinski definition) is 3. The standard InChI is InChI=1S/C15H18BrNOS/c1-11(2)17-9-12-8-13(16)5-6-15(12)18-10-14-4-3-7-19-14/h3-8,11,17H,9-10H2,1-2H3. The molecule has 0 saturated heterocycles. The van der Waals surface area contributed by atoms with E-state index in [-0.39, 0.29) is 0 Å². The molecule has 1 aromatic carbocycles. The minimum Gasteiger partial charge on any atom is -0.488 e. The van der Waals surface area contributed by atoms with Crippen LogP contribution in [0, 0.1) is 0 Å². The maximum atomic E-state index is 5.92. The van der Waals surface area contributed by atoms with E-state index in [1.165, 1.54) is 10.4 Å². The number of rotatable bonds is 6. The lowest BCUT2D eigenvalue weighted by Gasteiger charge is -2.14.